The number of phenolic OH excluding ortho intramolecular Hbond substituents is 1. The number of nitrogens with zero attached hydrogens (tertiary/aromatic N) is 2. The fourth-order valence-corrected chi connectivity index (χ4v) is 2.63. The zero-order valence-corrected chi connectivity index (χ0v) is 11.3. The van der Waals surface area contributed by atoms with Gasteiger partial charge in [-0.2, -0.15) is 0 Å². The number of aromatic hydroxyl groups is 1. The summed E-state index contributed by atoms with van der Waals surface area (Å²) in [6, 6.07) is 5.82. The number of likely N-dealkylation sites (N-methyl/N-ethyl adjacent to an activating group) is 2. The van der Waals surface area contributed by atoms with Crippen molar-refractivity contribution in [1.82, 2.24) is 9.80 Å². The van der Waals surface area contributed by atoms with Crippen LogP contribution in [0.25, 0.3) is 0 Å². The first kappa shape index (κ1) is 13.2. The molecule has 4 heteroatoms. The molecular weight excluding hydrogens is 226 g/mol. The van der Waals surface area contributed by atoms with E-state index in [1.165, 1.54) is 19.4 Å². The molecule has 1 heterocycles. The number of rotatable bonds is 3. The Morgan fingerprint density at radius 2 is 2.28 bits per heavy atom. The minimum absolute atomic E-state index is 0.334. The van der Waals surface area contributed by atoms with Gasteiger partial charge in [0.2, 0.25) is 0 Å². The summed E-state index contributed by atoms with van der Waals surface area (Å²) in [5.74, 6) is 0.334. The number of piperidine rings is 1. The first-order valence-corrected chi connectivity index (χ1v) is 6.52. The summed E-state index contributed by atoms with van der Waals surface area (Å²) in [7, 11) is 4.28. The van der Waals surface area contributed by atoms with E-state index >= 15 is 0 Å². The van der Waals surface area contributed by atoms with Gasteiger partial charge in [0.25, 0.3) is 0 Å². The second-order valence-corrected chi connectivity index (χ2v) is 5.36. The minimum atomic E-state index is 0.334. The highest BCUT2D eigenvalue weighted by Gasteiger charge is 2.21. The molecule has 1 fully saturated rings. The summed E-state index contributed by atoms with van der Waals surface area (Å²) in [5, 5.41) is 9.84. The molecule has 0 amide bonds. The molecule has 0 spiro atoms. The zero-order valence-electron chi connectivity index (χ0n) is 11.3. The number of hydrogen-bond acceptors (Lipinski definition) is 4. The van der Waals surface area contributed by atoms with Crippen LogP contribution in [0, 0.1) is 0 Å². The predicted octanol–water partition coefficient (Wildman–Crippen LogP) is 1.50. The van der Waals surface area contributed by atoms with Crippen molar-refractivity contribution in [3.05, 3.63) is 23.8 Å². The third kappa shape index (κ3) is 3.15. The van der Waals surface area contributed by atoms with Crippen LogP contribution in [0.5, 0.6) is 5.75 Å². The molecular formula is C14H23N3O. The van der Waals surface area contributed by atoms with Crippen LogP contribution >= 0.6 is 0 Å². The molecule has 1 atom stereocenters. The highest BCUT2D eigenvalue weighted by Crippen LogP contribution is 2.23. The van der Waals surface area contributed by atoms with E-state index < -0.39 is 0 Å². The van der Waals surface area contributed by atoms with Crippen LogP contribution in [0.4, 0.5) is 5.69 Å². The number of anilines is 1. The SMILES string of the molecule is CN1CCCC(N(C)Cc2cc(N)ccc2O)C1. The summed E-state index contributed by atoms with van der Waals surface area (Å²) in [6.45, 7) is 3.03. The van der Waals surface area contributed by atoms with Gasteiger partial charge in [-0.05, 0) is 51.7 Å². The first-order chi connectivity index (χ1) is 8.56. The molecule has 1 aromatic carbocycles. The molecule has 100 valence electrons. The number of benzene rings is 1. The van der Waals surface area contributed by atoms with Crippen molar-refractivity contribution in [2.45, 2.75) is 25.4 Å². The quantitative estimate of drug-likeness (QED) is 0.629. The van der Waals surface area contributed by atoms with Crippen molar-refractivity contribution in [2.24, 2.45) is 0 Å². The number of phenols is 1. The van der Waals surface area contributed by atoms with Gasteiger partial charge >= 0.3 is 0 Å². The maximum atomic E-state index is 9.84. The Balaban J connectivity index is 2.01. The largest absolute Gasteiger partial charge is 0.508 e. The van der Waals surface area contributed by atoms with Gasteiger partial charge in [0.1, 0.15) is 5.75 Å². The molecule has 4 nitrogen and oxygen atoms in total. The Kier molecular flexibility index (Phi) is 4.09. The number of nitrogen functional groups attached to an aromatic ring is 1. The van der Waals surface area contributed by atoms with Crippen molar-refractivity contribution < 1.29 is 5.11 Å². The second-order valence-electron chi connectivity index (χ2n) is 5.36. The number of hydrogen-bond donors (Lipinski definition) is 2. The molecule has 1 aromatic rings. The van der Waals surface area contributed by atoms with Crippen LogP contribution in [0.2, 0.25) is 0 Å². The maximum absolute atomic E-state index is 9.84. The van der Waals surface area contributed by atoms with Crippen molar-refractivity contribution in [3.8, 4) is 5.75 Å². The Morgan fingerprint density at radius 1 is 1.50 bits per heavy atom. The highest BCUT2D eigenvalue weighted by atomic mass is 16.3. The first-order valence-electron chi connectivity index (χ1n) is 6.52. The lowest BCUT2D eigenvalue weighted by atomic mass is 10.0. The standard InChI is InChI=1S/C14H23N3O/c1-16-7-3-4-13(10-16)17(2)9-11-8-12(15)5-6-14(11)18/h5-6,8,13,18H,3-4,7,9-10,15H2,1-2H3. The van der Waals surface area contributed by atoms with Gasteiger partial charge in [0.15, 0.2) is 0 Å². The lowest BCUT2D eigenvalue weighted by Gasteiger charge is -2.36. The zero-order chi connectivity index (χ0) is 13.1. The molecule has 0 radical (unpaired) electrons. The molecule has 1 aliphatic heterocycles. The molecule has 0 aliphatic carbocycles. The minimum Gasteiger partial charge on any atom is -0.508 e. The van der Waals surface area contributed by atoms with Gasteiger partial charge in [0.05, 0.1) is 0 Å². The second kappa shape index (κ2) is 5.59. The molecule has 0 saturated carbocycles. The summed E-state index contributed by atoms with van der Waals surface area (Å²) in [5.41, 5.74) is 7.38. The lowest BCUT2D eigenvalue weighted by Crippen LogP contribution is -2.44. The molecule has 0 aromatic heterocycles. The fourth-order valence-electron chi connectivity index (χ4n) is 2.63. The van der Waals surface area contributed by atoms with E-state index in [9.17, 15) is 5.11 Å². The van der Waals surface area contributed by atoms with Crippen LogP contribution in [-0.2, 0) is 6.54 Å². The predicted molar refractivity (Wildman–Crippen MR) is 74.5 cm³/mol. The van der Waals surface area contributed by atoms with Crippen molar-refractivity contribution in [3.63, 3.8) is 0 Å². The van der Waals surface area contributed by atoms with Crippen molar-refractivity contribution in [1.29, 1.82) is 0 Å². The fraction of sp³-hybridized carbons (Fsp3) is 0.571. The van der Waals surface area contributed by atoms with Crippen LogP contribution in [0.15, 0.2) is 18.2 Å². The summed E-state index contributed by atoms with van der Waals surface area (Å²) < 4.78 is 0. The average molecular weight is 249 g/mol. The molecule has 18 heavy (non-hydrogen) atoms. The van der Waals surface area contributed by atoms with Crippen LogP contribution < -0.4 is 5.73 Å². The third-order valence-electron chi connectivity index (χ3n) is 3.75. The molecule has 0 bridgehead atoms. The van der Waals surface area contributed by atoms with Crippen LogP contribution in [0.3, 0.4) is 0 Å². The van der Waals surface area contributed by atoms with Gasteiger partial charge in [-0.25, -0.2) is 0 Å². The molecule has 3 N–H and O–H groups in total. The molecule has 1 saturated heterocycles. The molecule has 1 unspecified atom stereocenters. The van der Waals surface area contributed by atoms with E-state index in [0.29, 0.717) is 17.5 Å². The van der Waals surface area contributed by atoms with Gasteiger partial charge in [0, 0.05) is 30.4 Å². The van der Waals surface area contributed by atoms with E-state index in [4.69, 9.17) is 5.73 Å². The van der Waals surface area contributed by atoms with Crippen molar-refractivity contribution in [2.75, 3.05) is 32.9 Å². The Bertz CT molecular complexity index is 408. The Labute approximate surface area is 109 Å². The summed E-state index contributed by atoms with van der Waals surface area (Å²) in [4.78, 5) is 4.67. The topological polar surface area (TPSA) is 52.7 Å². The smallest absolute Gasteiger partial charge is 0.120 e. The van der Waals surface area contributed by atoms with Gasteiger partial charge < -0.3 is 15.7 Å². The number of nitrogens with two attached hydrogens (primary N) is 1. The molecule has 1 aliphatic rings. The summed E-state index contributed by atoms with van der Waals surface area (Å²) >= 11 is 0. The van der Waals surface area contributed by atoms with E-state index in [1.54, 1.807) is 12.1 Å². The maximum Gasteiger partial charge on any atom is 0.120 e. The summed E-state index contributed by atoms with van der Waals surface area (Å²) in [6.07, 6.45) is 2.47. The molecule has 2 rings (SSSR count). The number of likely N-dealkylation sites (tertiary alicyclic amines) is 1. The van der Waals surface area contributed by atoms with Gasteiger partial charge in [-0.3, -0.25) is 4.90 Å². The third-order valence-corrected chi connectivity index (χ3v) is 3.75. The van der Waals surface area contributed by atoms with Gasteiger partial charge in [-0.15, -0.1) is 0 Å². The average Bonchev–Trinajstić information content (AvgIpc) is 2.34. The van der Waals surface area contributed by atoms with Gasteiger partial charge in [-0.1, -0.05) is 0 Å². The van der Waals surface area contributed by atoms with E-state index in [2.05, 4.69) is 23.9 Å². The highest BCUT2D eigenvalue weighted by molar-refractivity contribution is 5.47. The monoisotopic (exact) mass is 249 g/mol. The van der Waals surface area contributed by atoms with Crippen molar-refractivity contribution >= 4 is 5.69 Å². The van der Waals surface area contributed by atoms with E-state index in [1.807, 2.05) is 6.07 Å². The van der Waals surface area contributed by atoms with Crippen LogP contribution in [0.1, 0.15) is 18.4 Å². The Hall–Kier alpha value is -1.26. The van der Waals surface area contributed by atoms with E-state index in [0.717, 1.165) is 18.7 Å². The van der Waals surface area contributed by atoms with E-state index in [-0.39, 0.29) is 0 Å². The van der Waals surface area contributed by atoms with Crippen LogP contribution in [-0.4, -0.2) is 48.1 Å². The normalized spacial score (nSPS) is 21.4. The lowest BCUT2D eigenvalue weighted by molar-refractivity contribution is 0.129. The Morgan fingerprint density at radius 3 is 3.00 bits per heavy atom.